The van der Waals surface area contributed by atoms with Crippen molar-refractivity contribution >= 4 is 0 Å². The van der Waals surface area contributed by atoms with E-state index in [0.29, 0.717) is 13.2 Å². The van der Waals surface area contributed by atoms with Crippen molar-refractivity contribution < 1.29 is 14.2 Å². The van der Waals surface area contributed by atoms with Gasteiger partial charge in [-0.3, -0.25) is 0 Å². The summed E-state index contributed by atoms with van der Waals surface area (Å²) in [6.07, 6.45) is 0.882. The van der Waals surface area contributed by atoms with Crippen LogP contribution in [0.25, 0.3) is 0 Å². The molecule has 0 radical (unpaired) electrons. The summed E-state index contributed by atoms with van der Waals surface area (Å²) in [4.78, 5) is 0. The Morgan fingerprint density at radius 2 is 1.63 bits per heavy atom. The van der Waals surface area contributed by atoms with Gasteiger partial charge >= 0.3 is 0 Å². The summed E-state index contributed by atoms with van der Waals surface area (Å²) in [5.41, 5.74) is 0.666. The van der Waals surface area contributed by atoms with Gasteiger partial charge in [0.25, 0.3) is 0 Å². The molecule has 0 aliphatic heterocycles. The van der Waals surface area contributed by atoms with E-state index in [0.717, 1.165) is 12.0 Å². The number of hydrogen-bond acceptors (Lipinski definition) is 3. The Morgan fingerprint density at radius 1 is 1.05 bits per heavy atom. The van der Waals surface area contributed by atoms with Gasteiger partial charge in [-0.15, -0.1) is 0 Å². The van der Waals surface area contributed by atoms with Crippen LogP contribution in [0, 0.1) is 0 Å². The Hall–Kier alpha value is -0.900. The molecule has 1 aliphatic carbocycles. The van der Waals surface area contributed by atoms with Gasteiger partial charge in [0.1, 0.15) is 0 Å². The van der Waals surface area contributed by atoms with Crippen LogP contribution in [0.5, 0.6) is 0 Å². The molecule has 0 N–H and O–H groups in total. The maximum absolute atomic E-state index is 6.21. The highest BCUT2D eigenvalue weighted by molar-refractivity contribution is 5.34. The van der Waals surface area contributed by atoms with Crippen LogP contribution in [0.15, 0.2) is 30.3 Å². The highest BCUT2D eigenvalue weighted by Crippen LogP contribution is 2.62. The zero-order chi connectivity index (χ0) is 13.9. The highest BCUT2D eigenvalue weighted by Gasteiger charge is 2.73. The van der Waals surface area contributed by atoms with E-state index in [2.05, 4.69) is 12.1 Å². The van der Waals surface area contributed by atoms with Crippen LogP contribution in [0.1, 0.15) is 39.7 Å². The third-order valence-corrected chi connectivity index (χ3v) is 3.40. The first-order chi connectivity index (χ1) is 9.10. The van der Waals surface area contributed by atoms with Crippen molar-refractivity contribution in [3.8, 4) is 0 Å². The van der Waals surface area contributed by atoms with Crippen LogP contribution in [-0.4, -0.2) is 25.1 Å². The lowest BCUT2D eigenvalue weighted by Gasteiger charge is -2.28. The Balaban J connectivity index is 2.33. The van der Waals surface area contributed by atoms with E-state index in [1.54, 1.807) is 0 Å². The maximum Gasteiger partial charge on any atom is 0.205 e. The van der Waals surface area contributed by atoms with Crippen molar-refractivity contribution in [1.82, 2.24) is 0 Å². The third kappa shape index (κ3) is 2.55. The van der Waals surface area contributed by atoms with Crippen molar-refractivity contribution in [2.24, 2.45) is 0 Å². The van der Waals surface area contributed by atoms with Gasteiger partial charge in [-0.25, -0.2) is 0 Å². The molecule has 3 nitrogen and oxygen atoms in total. The first-order valence-corrected chi connectivity index (χ1v) is 7.11. The molecule has 0 bridgehead atoms. The summed E-state index contributed by atoms with van der Waals surface area (Å²) in [6, 6.07) is 10.2. The zero-order valence-electron chi connectivity index (χ0n) is 12.3. The number of benzene rings is 1. The largest absolute Gasteiger partial charge is 0.362 e. The lowest BCUT2D eigenvalue weighted by molar-refractivity contribution is -0.220. The van der Waals surface area contributed by atoms with Crippen LogP contribution >= 0.6 is 0 Å². The minimum Gasteiger partial charge on any atom is -0.362 e. The molecule has 1 fully saturated rings. The quantitative estimate of drug-likeness (QED) is 0.706. The lowest BCUT2D eigenvalue weighted by Crippen LogP contribution is -2.34. The van der Waals surface area contributed by atoms with Gasteiger partial charge in [-0.05, 0) is 33.3 Å². The van der Waals surface area contributed by atoms with Gasteiger partial charge in [0.15, 0.2) is 5.60 Å². The first kappa shape index (κ1) is 14.5. The topological polar surface area (TPSA) is 27.7 Å². The van der Waals surface area contributed by atoms with Crippen LogP contribution in [0.4, 0.5) is 0 Å². The monoisotopic (exact) mass is 264 g/mol. The Bertz CT molecular complexity index is 396. The second-order valence-electron chi connectivity index (χ2n) is 5.16. The van der Waals surface area contributed by atoms with Crippen molar-refractivity contribution in [3.63, 3.8) is 0 Å². The minimum absolute atomic E-state index is 0.128. The second kappa shape index (κ2) is 5.61. The summed E-state index contributed by atoms with van der Waals surface area (Å²) >= 11 is 0. The number of ether oxygens (including phenoxy) is 3. The average molecular weight is 264 g/mol. The summed E-state index contributed by atoms with van der Waals surface area (Å²) in [7, 11) is 0. The van der Waals surface area contributed by atoms with E-state index in [9.17, 15) is 0 Å². The fourth-order valence-electron chi connectivity index (χ4n) is 2.76. The van der Waals surface area contributed by atoms with Gasteiger partial charge in [-0.1, -0.05) is 30.3 Å². The normalized spacial score (nSPS) is 24.7. The van der Waals surface area contributed by atoms with E-state index in [4.69, 9.17) is 14.2 Å². The van der Waals surface area contributed by atoms with Gasteiger partial charge in [0.2, 0.25) is 5.79 Å². The molecule has 1 aliphatic rings. The molecule has 0 heterocycles. The average Bonchev–Trinajstić information content (AvgIpc) is 2.98. The molecular formula is C16H24O3. The first-order valence-electron chi connectivity index (χ1n) is 7.11. The van der Waals surface area contributed by atoms with Gasteiger partial charge in [-0.2, -0.15) is 0 Å². The fraction of sp³-hybridized carbons (Fsp3) is 0.625. The Morgan fingerprint density at radius 3 is 2.11 bits per heavy atom. The highest BCUT2D eigenvalue weighted by atomic mass is 16.7. The molecule has 1 saturated carbocycles. The van der Waals surface area contributed by atoms with E-state index >= 15 is 0 Å². The van der Waals surface area contributed by atoms with Crippen molar-refractivity contribution in [3.05, 3.63) is 35.9 Å². The van der Waals surface area contributed by atoms with Gasteiger partial charge < -0.3 is 14.2 Å². The Labute approximate surface area is 115 Å². The van der Waals surface area contributed by atoms with Crippen molar-refractivity contribution in [2.75, 3.05) is 13.2 Å². The molecule has 0 aromatic heterocycles. The zero-order valence-corrected chi connectivity index (χ0v) is 12.3. The van der Waals surface area contributed by atoms with E-state index in [1.165, 1.54) is 0 Å². The fourth-order valence-corrected chi connectivity index (χ4v) is 2.76. The number of rotatable bonds is 7. The second-order valence-corrected chi connectivity index (χ2v) is 5.16. The molecule has 106 valence electrons. The molecule has 3 heteroatoms. The van der Waals surface area contributed by atoms with Gasteiger partial charge in [0, 0.05) is 19.6 Å². The van der Waals surface area contributed by atoms with Crippen LogP contribution < -0.4 is 0 Å². The van der Waals surface area contributed by atoms with E-state index in [-0.39, 0.29) is 6.10 Å². The predicted molar refractivity (Wildman–Crippen MR) is 74.9 cm³/mol. The predicted octanol–water partition coefficient (Wildman–Crippen LogP) is 3.48. The molecule has 0 saturated heterocycles. The summed E-state index contributed by atoms with van der Waals surface area (Å²) < 4.78 is 18.0. The molecule has 2 rings (SSSR count). The molecule has 0 spiro atoms. The molecule has 1 aromatic rings. The standard InChI is InChI=1S/C16H24O3/c1-5-17-16(18-6-2)12-15(16,19-13(3)4)14-10-8-7-9-11-14/h7-11,13H,5-6,12H2,1-4H3. The van der Waals surface area contributed by atoms with Crippen LogP contribution in [-0.2, 0) is 19.8 Å². The lowest BCUT2D eigenvalue weighted by atomic mass is 10.1. The van der Waals surface area contributed by atoms with Crippen LogP contribution in [0.3, 0.4) is 0 Å². The summed E-state index contributed by atoms with van der Waals surface area (Å²) in [6.45, 7) is 9.32. The van der Waals surface area contributed by atoms with E-state index < -0.39 is 11.4 Å². The smallest absolute Gasteiger partial charge is 0.205 e. The SMILES string of the molecule is CCOC1(OCC)CC1(OC(C)C)c1ccccc1. The molecule has 0 amide bonds. The molecule has 1 aromatic carbocycles. The molecule has 1 unspecified atom stereocenters. The third-order valence-electron chi connectivity index (χ3n) is 3.40. The minimum atomic E-state index is -0.623. The molecule has 1 atom stereocenters. The number of hydrogen-bond donors (Lipinski definition) is 0. The molecular weight excluding hydrogens is 240 g/mol. The Kier molecular flexibility index (Phi) is 4.29. The van der Waals surface area contributed by atoms with Gasteiger partial charge in [0.05, 0.1) is 6.10 Å². The van der Waals surface area contributed by atoms with Crippen molar-refractivity contribution in [2.45, 2.75) is 51.6 Å². The maximum atomic E-state index is 6.21. The molecule has 19 heavy (non-hydrogen) atoms. The van der Waals surface area contributed by atoms with Crippen LogP contribution in [0.2, 0.25) is 0 Å². The van der Waals surface area contributed by atoms with Crippen molar-refractivity contribution in [1.29, 1.82) is 0 Å². The summed E-state index contributed by atoms with van der Waals surface area (Å²) in [5, 5.41) is 0. The summed E-state index contributed by atoms with van der Waals surface area (Å²) in [5.74, 6) is -0.623. The van der Waals surface area contributed by atoms with E-state index in [1.807, 2.05) is 45.9 Å².